The first-order valence-corrected chi connectivity index (χ1v) is 45.5. The molecule has 3 aliphatic carbocycles. The highest BCUT2D eigenvalue weighted by Crippen LogP contribution is 2.56. The number of hydrogen-bond donors (Lipinski definition) is 0. The largest absolute Gasteiger partial charge is 0.248 e. The maximum atomic E-state index is 5.34. The van der Waals surface area contributed by atoms with Gasteiger partial charge in [0, 0.05) is 55.0 Å². The lowest BCUT2D eigenvalue weighted by Gasteiger charge is -2.22. The Bertz CT molecular complexity index is 8600. The van der Waals surface area contributed by atoms with E-state index in [1.165, 1.54) is 165 Å². The molecular formula is C126H89N5. The van der Waals surface area contributed by atoms with Crippen molar-refractivity contribution in [3.05, 3.63) is 464 Å². The molecule has 0 atom stereocenters. The second-order valence-corrected chi connectivity index (χ2v) is 37.0. The third-order valence-electron chi connectivity index (χ3n) is 28.1. The lowest BCUT2D eigenvalue weighted by molar-refractivity contribution is 0.661. The summed E-state index contributed by atoms with van der Waals surface area (Å²) >= 11 is 0. The summed E-state index contributed by atoms with van der Waals surface area (Å²) in [5, 5.41) is 13.9. The summed E-state index contributed by atoms with van der Waals surface area (Å²) in [6, 6.07) is 155. The first-order valence-electron chi connectivity index (χ1n) is 45.5. The number of para-hydroxylation sites is 4. The van der Waals surface area contributed by atoms with Crippen molar-refractivity contribution in [1.29, 1.82) is 0 Å². The van der Waals surface area contributed by atoms with Gasteiger partial charge in [-0.3, -0.25) is 0 Å². The van der Waals surface area contributed by atoms with Gasteiger partial charge in [-0.15, -0.1) is 0 Å². The Hall–Kier alpha value is -16.2. The number of rotatable bonds is 9. The van der Waals surface area contributed by atoms with E-state index in [2.05, 4.69) is 442 Å². The molecule has 3 heterocycles. The highest BCUT2D eigenvalue weighted by atomic mass is 14.8. The van der Waals surface area contributed by atoms with E-state index < -0.39 is 0 Å². The molecule has 0 unspecified atom stereocenters. The van der Waals surface area contributed by atoms with E-state index in [-0.39, 0.29) is 16.2 Å². The van der Waals surface area contributed by atoms with Gasteiger partial charge in [0.2, 0.25) is 0 Å². The van der Waals surface area contributed by atoms with Gasteiger partial charge in [0.05, 0.1) is 56.1 Å². The summed E-state index contributed by atoms with van der Waals surface area (Å²) in [5.41, 5.74) is 40.1. The number of fused-ring (bicyclic) bond motifs is 17. The molecule has 0 aliphatic heterocycles. The molecule has 0 radical (unpaired) electrons. The van der Waals surface area contributed by atoms with Crippen molar-refractivity contribution in [2.45, 2.75) is 57.8 Å². The lowest BCUT2D eigenvalue weighted by atomic mass is 9.81. The predicted molar refractivity (Wildman–Crippen MR) is 550 cm³/mol. The van der Waals surface area contributed by atoms with Crippen LogP contribution in [-0.2, 0) is 16.2 Å². The molecule has 0 N–H and O–H groups in total. The van der Waals surface area contributed by atoms with Crippen LogP contribution < -0.4 is 0 Å². The summed E-state index contributed by atoms with van der Waals surface area (Å²) in [6.45, 7) is 14.1. The number of aromatic nitrogens is 5. The van der Waals surface area contributed by atoms with Gasteiger partial charge in [-0.1, -0.05) is 375 Å². The summed E-state index contributed by atoms with van der Waals surface area (Å²) in [6.07, 6.45) is 0. The summed E-state index contributed by atoms with van der Waals surface area (Å²) in [5.74, 6) is 0. The molecule has 20 aromatic carbocycles. The van der Waals surface area contributed by atoms with E-state index in [1.807, 2.05) is 30.3 Å². The van der Waals surface area contributed by atoms with Crippen LogP contribution in [0.2, 0.25) is 0 Å². The van der Waals surface area contributed by atoms with Crippen LogP contribution in [0.5, 0.6) is 0 Å². The molecule has 618 valence electrons. The fourth-order valence-electron chi connectivity index (χ4n) is 21.0. The van der Waals surface area contributed by atoms with Gasteiger partial charge in [0.25, 0.3) is 0 Å². The predicted octanol–water partition coefficient (Wildman–Crippen LogP) is 33.2. The second-order valence-electron chi connectivity index (χ2n) is 37.0. The minimum atomic E-state index is -0.128. The zero-order chi connectivity index (χ0) is 87.8. The molecule has 0 bridgehead atoms. The van der Waals surface area contributed by atoms with Gasteiger partial charge < -0.3 is 0 Å². The number of benzene rings is 20. The normalized spacial score (nSPS) is 13.3. The van der Waals surface area contributed by atoms with E-state index in [0.29, 0.717) is 0 Å². The van der Waals surface area contributed by atoms with Gasteiger partial charge in [-0.05, 0) is 257 Å². The Labute approximate surface area is 762 Å². The summed E-state index contributed by atoms with van der Waals surface area (Å²) < 4.78 is 0. The van der Waals surface area contributed by atoms with Crippen molar-refractivity contribution < 1.29 is 0 Å². The Morgan fingerprint density at radius 2 is 0.458 bits per heavy atom. The van der Waals surface area contributed by atoms with E-state index in [9.17, 15) is 0 Å². The first-order chi connectivity index (χ1) is 64.1. The van der Waals surface area contributed by atoms with Crippen molar-refractivity contribution in [2.75, 3.05) is 0 Å². The van der Waals surface area contributed by atoms with Gasteiger partial charge in [-0.2, -0.15) is 0 Å². The Kier molecular flexibility index (Phi) is 18.6. The summed E-state index contributed by atoms with van der Waals surface area (Å²) in [4.78, 5) is 26.1. The van der Waals surface area contributed by atoms with E-state index >= 15 is 0 Å². The van der Waals surface area contributed by atoms with Crippen LogP contribution in [0.25, 0.3) is 221 Å². The fraction of sp³-hybridized carbons (Fsp3) is 0.0714. The maximum absolute atomic E-state index is 5.34. The Morgan fingerprint density at radius 3 is 0.916 bits per heavy atom. The van der Waals surface area contributed by atoms with Crippen LogP contribution >= 0.6 is 0 Å². The molecule has 26 rings (SSSR count). The van der Waals surface area contributed by atoms with Crippen LogP contribution in [0.3, 0.4) is 0 Å². The van der Waals surface area contributed by atoms with Crippen molar-refractivity contribution in [3.8, 4) is 134 Å². The van der Waals surface area contributed by atoms with Crippen LogP contribution in [0, 0.1) is 0 Å². The smallest absolute Gasteiger partial charge is 0.0973 e. The third kappa shape index (κ3) is 13.6. The Balaban J connectivity index is 0.000000109. The number of hydrogen-bond acceptors (Lipinski definition) is 5. The first kappa shape index (κ1) is 78.3. The van der Waals surface area contributed by atoms with Crippen LogP contribution in [0.15, 0.2) is 431 Å². The van der Waals surface area contributed by atoms with Gasteiger partial charge in [0.1, 0.15) is 0 Å². The minimum Gasteiger partial charge on any atom is -0.248 e. The monoisotopic (exact) mass is 1670 g/mol. The van der Waals surface area contributed by atoms with E-state index in [0.717, 1.165) is 89.4 Å². The summed E-state index contributed by atoms with van der Waals surface area (Å²) in [7, 11) is 0. The third-order valence-corrected chi connectivity index (χ3v) is 28.1. The molecule has 0 spiro atoms. The van der Waals surface area contributed by atoms with Crippen molar-refractivity contribution >= 4 is 86.8 Å². The zero-order valence-electron chi connectivity index (χ0n) is 73.7. The van der Waals surface area contributed by atoms with Crippen LogP contribution in [-0.4, -0.2) is 24.9 Å². The molecule has 3 aromatic heterocycles. The molecule has 0 amide bonds. The fourth-order valence-corrected chi connectivity index (χ4v) is 21.0. The van der Waals surface area contributed by atoms with Crippen molar-refractivity contribution in [1.82, 2.24) is 24.9 Å². The molecular weight excluding hydrogens is 1580 g/mol. The lowest BCUT2D eigenvalue weighted by Crippen LogP contribution is -2.15. The molecule has 0 saturated carbocycles. The SMILES string of the molecule is CC1(C)c2cc(-c3cc(-c4ccc(-c5ccc6ccccc6c5)cc4)nc4ccccc34)ccc2-c2cc3ccccc3cc21.CC1(C)c2cc(-c3cccc4nc(-c5ccccc5)c(-c5ccccc5)nc34)ccc2-c2cc3ccccc3cc21.CC1(C)c2cc(-c3nc4ccccc4nc3-c3ccc(-c4ccc5ccccc5c4)cc3)ccc2-c2cc3ccccc3cc21. The molecule has 5 nitrogen and oxygen atoms in total. The minimum absolute atomic E-state index is 0.0883. The standard InChI is InChI=1S/C44H31N.C43H30N2.C39H28N2/c1-44(2)40-26-35(21-22-36(40)39-24-32-11-5-6-12-33(32)25-41(39)44)38-27-43(45-42-14-8-7-13-37(38)42)30-18-15-29(16-19-30)34-20-17-28-9-3-4-10-31(28)23-34;1-43(2)37-26-34(21-22-35(37)36-24-31-11-5-6-12-32(31)25-38(36)43)42-41(44-39-13-7-8-14-40(39)45-42)29-18-15-28(16-19-29)33-20-17-27-9-3-4-10-30(27)23-33;1-39(2)33-24-29(20-21-31(33)32-22-27-16-9-10-17-28(27)23-34(32)39)30-18-11-19-35-38(30)41-37(26-14-7-4-8-15-26)36(40-35)25-12-5-3-6-13-25/h3-27H,1-2H3;3-26H,1-2H3;3-24H,1-2H3. The van der Waals surface area contributed by atoms with Gasteiger partial charge in [0.15, 0.2) is 0 Å². The molecule has 5 heteroatoms. The zero-order valence-corrected chi connectivity index (χ0v) is 73.7. The maximum Gasteiger partial charge on any atom is 0.0973 e. The molecule has 0 fully saturated rings. The molecule has 3 aliphatic rings. The molecule has 0 saturated heterocycles. The van der Waals surface area contributed by atoms with E-state index in [1.54, 1.807) is 0 Å². The van der Waals surface area contributed by atoms with Gasteiger partial charge in [-0.25, -0.2) is 24.9 Å². The average molecular weight is 1670 g/mol. The van der Waals surface area contributed by atoms with Crippen molar-refractivity contribution in [3.63, 3.8) is 0 Å². The van der Waals surface area contributed by atoms with Crippen LogP contribution in [0.1, 0.15) is 74.9 Å². The quantitative estimate of drug-likeness (QED) is 0.144. The second kappa shape index (κ2) is 31.1. The number of nitrogens with zero attached hydrogens (tertiary/aromatic N) is 5. The van der Waals surface area contributed by atoms with E-state index in [4.69, 9.17) is 24.9 Å². The van der Waals surface area contributed by atoms with Gasteiger partial charge >= 0.3 is 0 Å². The number of pyridine rings is 1. The van der Waals surface area contributed by atoms with Crippen LogP contribution in [0.4, 0.5) is 0 Å². The highest BCUT2D eigenvalue weighted by Gasteiger charge is 2.40. The van der Waals surface area contributed by atoms with Crippen molar-refractivity contribution in [2.24, 2.45) is 0 Å². The topological polar surface area (TPSA) is 64.5 Å². The Morgan fingerprint density at radius 1 is 0.153 bits per heavy atom. The average Bonchev–Trinajstić information content (AvgIpc) is 1.57. The molecule has 23 aromatic rings. The highest BCUT2D eigenvalue weighted by molar-refractivity contribution is 6.03. The molecule has 131 heavy (non-hydrogen) atoms.